The Labute approximate surface area is 169 Å². The maximum absolute atomic E-state index is 12.1. The van der Waals surface area contributed by atoms with E-state index < -0.39 is 14.8 Å². The Hall–Kier alpha value is -2.17. The molecule has 2 rings (SSSR count). The predicted octanol–water partition coefficient (Wildman–Crippen LogP) is 3.26. The lowest BCUT2D eigenvalue weighted by atomic mass is 10.2. The van der Waals surface area contributed by atoms with Gasteiger partial charge in [-0.1, -0.05) is 27.5 Å². The van der Waals surface area contributed by atoms with Gasteiger partial charge in [-0.15, -0.1) is 0 Å². The second kappa shape index (κ2) is 8.68. The highest BCUT2D eigenvalue weighted by Gasteiger charge is 2.18. The van der Waals surface area contributed by atoms with Crippen molar-refractivity contribution in [2.75, 3.05) is 24.7 Å². The van der Waals surface area contributed by atoms with Gasteiger partial charge < -0.3 is 10.6 Å². The van der Waals surface area contributed by atoms with Crippen LogP contribution in [-0.4, -0.2) is 38.6 Å². The zero-order chi connectivity index (χ0) is 20.2. The molecule has 2 N–H and O–H groups in total. The monoisotopic (exact) mass is 475 g/mol. The molecule has 0 aliphatic carbocycles. The molecule has 0 aliphatic rings. The average Bonchev–Trinajstić information content (AvgIpc) is 2.57. The third-order valence-electron chi connectivity index (χ3n) is 3.50. The number of benzene rings is 2. The number of nitrogens with one attached hydrogen (secondary N) is 2. The molecular weight excluding hydrogens is 462 g/mol. The number of rotatable bonds is 7. The summed E-state index contributed by atoms with van der Waals surface area (Å²) in [5, 5.41) is 16.9. The molecule has 2 aromatic carbocycles. The van der Waals surface area contributed by atoms with Gasteiger partial charge in [-0.3, -0.25) is 14.9 Å². The summed E-state index contributed by atoms with van der Waals surface area (Å²) in [5.41, 5.74) is 0.104. The fourth-order valence-electron chi connectivity index (χ4n) is 2.18. The van der Waals surface area contributed by atoms with Crippen LogP contribution in [0.1, 0.15) is 10.4 Å². The van der Waals surface area contributed by atoms with Gasteiger partial charge in [0.2, 0.25) is 0 Å². The highest BCUT2D eigenvalue weighted by Crippen LogP contribution is 2.27. The van der Waals surface area contributed by atoms with Gasteiger partial charge in [0.05, 0.1) is 20.4 Å². The maximum atomic E-state index is 12.1. The number of hydrogen-bond donors (Lipinski definition) is 2. The van der Waals surface area contributed by atoms with Gasteiger partial charge >= 0.3 is 0 Å². The molecular formula is C16H15BrClN3O5S. The van der Waals surface area contributed by atoms with Crippen molar-refractivity contribution < 1.29 is 18.1 Å². The second-order valence-corrected chi connectivity index (χ2v) is 8.85. The molecule has 11 heteroatoms. The number of anilines is 1. The van der Waals surface area contributed by atoms with Crippen LogP contribution in [0.4, 0.5) is 11.4 Å². The summed E-state index contributed by atoms with van der Waals surface area (Å²) in [6.45, 7) is 0.370. The van der Waals surface area contributed by atoms with Crippen LogP contribution in [0.15, 0.2) is 45.8 Å². The van der Waals surface area contributed by atoms with Crippen LogP contribution in [-0.2, 0) is 9.84 Å². The van der Waals surface area contributed by atoms with Crippen molar-refractivity contribution in [3.63, 3.8) is 0 Å². The molecule has 0 heterocycles. The van der Waals surface area contributed by atoms with Crippen molar-refractivity contribution in [2.24, 2.45) is 0 Å². The standard InChI is InChI=1S/C16H15BrClN3O5S/c1-27(25,26)11-3-5-14(15(9-11)21(23)24)19-6-7-20-16(22)12-4-2-10(17)8-13(12)18/h2-5,8-9,19H,6-7H2,1H3,(H,20,22). The first-order chi connectivity index (χ1) is 12.6. The van der Waals surface area contributed by atoms with E-state index in [0.29, 0.717) is 10.6 Å². The SMILES string of the molecule is CS(=O)(=O)c1ccc(NCCNC(=O)c2ccc(Br)cc2Cl)c([N+](=O)[O-])c1. The molecule has 2 aromatic rings. The number of nitrogens with zero attached hydrogens (tertiary/aromatic N) is 1. The summed E-state index contributed by atoms with van der Waals surface area (Å²) in [4.78, 5) is 22.5. The number of carbonyl (C=O) groups excluding carboxylic acids is 1. The molecule has 0 aliphatic heterocycles. The summed E-state index contributed by atoms with van der Waals surface area (Å²) < 4.78 is 23.8. The number of nitro groups is 1. The first-order valence-electron chi connectivity index (χ1n) is 7.55. The molecule has 144 valence electrons. The summed E-state index contributed by atoms with van der Waals surface area (Å²) in [5.74, 6) is -0.378. The Morgan fingerprint density at radius 2 is 1.93 bits per heavy atom. The minimum absolute atomic E-state index is 0.141. The normalized spacial score (nSPS) is 11.1. The van der Waals surface area contributed by atoms with Gasteiger partial charge in [-0.05, 0) is 30.3 Å². The van der Waals surface area contributed by atoms with E-state index in [-0.39, 0.29) is 35.3 Å². The third kappa shape index (κ3) is 5.65. The molecule has 0 unspecified atom stereocenters. The van der Waals surface area contributed by atoms with Crippen molar-refractivity contribution >= 4 is 54.7 Å². The van der Waals surface area contributed by atoms with Crippen LogP contribution >= 0.6 is 27.5 Å². The molecule has 0 saturated heterocycles. The van der Waals surface area contributed by atoms with Gasteiger partial charge in [0.15, 0.2) is 9.84 Å². The average molecular weight is 477 g/mol. The summed E-state index contributed by atoms with van der Waals surface area (Å²) >= 11 is 9.26. The van der Waals surface area contributed by atoms with Crippen molar-refractivity contribution in [1.82, 2.24) is 5.32 Å². The van der Waals surface area contributed by atoms with E-state index in [1.165, 1.54) is 12.1 Å². The summed E-state index contributed by atoms with van der Waals surface area (Å²) in [7, 11) is -3.55. The highest BCUT2D eigenvalue weighted by atomic mass is 79.9. The lowest BCUT2D eigenvalue weighted by Gasteiger charge is -2.10. The Kier molecular flexibility index (Phi) is 6.79. The zero-order valence-corrected chi connectivity index (χ0v) is 17.2. The van der Waals surface area contributed by atoms with Crippen molar-refractivity contribution in [1.29, 1.82) is 0 Å². The zero-order valence-electron chi connectivity index (χ0n) is 14.0. The minimum atomic E-state index is -3.55. The predicted molar refractivity (Wildman–Crippen MR) is 106 cm³/mol. The van der Waals surface area contributed by atoms with Crippen LogP contribution in [0.2, 0.25) is 5.02 Å². The first-order valence-corrected chi connectivity index (χ1v) is 10.6. The number of hydrogen-bond acceptors (Lipinski definition) is 6. The van der Waals surface area contributed by atoms with E-state index in [4.69, 9.17) is 11.6 Å². The second-order valence-electron chi connectivity index (χ2n) is 5.52. The Bertz CT molecular complexity index is 998. The number of carbonyl (C=O) groups is 1. The third-order valence-corrected chi connectivity index (χ3v) is 5.41. The molecule has 0 fully saturated rings. The molecule has 0 spiro atoms. The topological polar surface area (TPSA) is 118 Å². The smallest absolute Gasteiger partial charge is 0.293 e. The Balaban J connectivity index is 2.00. The lowest BCUT2D eigenvalue weighted by molar-refractivity contribution is -0.384. The van der Waals surface area contributed by atoms with E-state index in [0.717, 1.165) is 16.8 Å². The molecule has 1 amide bonds. The Morgan fingerprint density at radius 3 is 2.52 bits per heavy atom. The van der Waals surface area contributed by atoms with Crippen LogP contribution in [0.3, 0.4) is 0 Å². The number of amides is 1. The molecule has 27 heavy (non-hydrogen) atoms. The molecule has 8 nitrogen and oxygen atoms in total. The highest BCUT2D eigenvalue weighted by molar-refractivity contribution is 9.10. The molecule has 0 saturated carbocycles. The molecule has 0 radical (unpaired) electrons. The number of sulfone groups is 1. The van der Waals surface area contributed by atoms with Gasteiger partial charge in [-0.2, -0.15) is 0 Å². The van der Waals surface area contributed by atoms with Crippen molar-refractivity contribution in [3.8, 4) is 0 Å². The minimum Gasteiger partial charge on any atom is -0.378 e. The van der Waals surface area contributed by atoms with Crippen molar-refractivity contribution in [2.45, 2.75) is 4.90 Å². The Morgan fingerprint density at radius 1 is 1.22 bits per heavy atom. The first kappa shape index (κ1) is 21.1. The fourth-order valence-corrected chi connectivity index (χ4v) is 3.58. The van der Waals surface area contributed by atoms with Crippen LogP contribution in [0, 0.1) is 10.1 Å². The van der Waals surface area contributed by atoms with E-state index in [9.17, 15) is 23.3 Å². The van der Waals surface area contributed by atoms with Gasteiger partial charge in [0, 0.05) is 29.9 Å². The molecule has 0 atom stereocenters. The van der Waals surface area contributed by atoms with Crippen LogP contribution in [0.5, 0.6) is 0 Å². The van der Waals surface area contributed by atoms with Crippen molar-refractivity contribution in [3.05, 3.63) is 61.6 Å². The van der Waals surface area contributed by atoms with E-state index in [1.54, 1.807) is 18.2 Å². The largest absolute Gasteiger partial charge is 0.378 e. The van der Waals surface area contributed by atoms with E-state index in [2.05, 4.69) is 26.6 Å². The van der Waals surface area contributed by atoms with Gasteiger partial charge in [0.25, 0.3) is 11.6 Å². The van der Waals surface area contributed by atoms with Gasteiger partial charge in [0.1, 0.15) is 5.69 Å². The fraction of sp³-hybridized carbons (Fsp3) is 0.188. The number of halogens is 2. The summed E-state index contributed by atoms with van der Waals surface area (Å²) in [6, 6.07) is 8.46. The van der Waals surface area contributed by atoms with Crippen LogP contribution < -0.4 is 10.6 Å². The van der Waals surface area contributed by atoms with E-state index >= 15 is 0 Å². The molecule has 0 bridgehead atoms. The van der Waals surface area contributed by atoms with Crippen LogP contribution in [0.25, 0.3) is 0 Å². The number of nitro benzene ring substituents is 1. The lowest BCUT2D eigenvalue weighted by Crippen LogP contribution is -2.29. The molecule has 0 aromatic heterocycles. The summed E-state index contributed by atoms with van der Waals surface area (Å²) in [6.07, 6.45) is 0.974. The van der Waals surface area contributed by atoms with Gasteiger partial charge in [-0.25, -0.2) is 8.42 Å². The maximum Gasteiger partial charge on any atom is 0.293 e. The van der Waals surface area contributed by atoms with E-state index in [1.807, 2.05) is 0 Å². The quantitative estimate of drug-likeness (QED) is 0.360.